The lowest BCUT2D eigenvalue weighted by atomic mass is 9.96. The molecule has 0 bridgehead atoms. The summed E-state index contributed by atoms with van der Waals surface area (Å²) in [6, 6.07) is 16.5. The van der Waals surface area contributed by atoms with E-state index >= 15 is 0 Å². The third-order valence-electron chi connectivity index (χ3n) is 5.35. The lowest BCUT2D eigenvalue weighted by Crippen LogP contribution is -2.06. The summed E-state index contributed by atoms with van der Waals surface area (Å²) in [5.41, 5.74) is 2.45. The average molecular weight is 506 g/mol. The molecule has 0 saturated heterocycles. The van der Waals surface area contributed by atoms with Crippen LogP contribution in [0.25, 0.3) is 5.57 Å². The molecule has 3 rings (SSSR count). The zero-order valence-electron chi connectivity index (χ0n) is 20.9. The Morgan fingerprint density at radius 3 is 1.76 bits per heavy atom. The minimum absolute atomic E-state index is 0.00135. The van der Waals surface area contributed by atoms with E-state index in [1.807, 2.05) is 42.5 Å². The van der Waals surface area contributed by atoms with Gasteiger partial charge in [-0.15, -0.1) is 0 Å². The van der Waals surface area contributed by atoms with Gasteiger partial charge in [-0.3, -0.25) is 14.9 Å². The fourth-order valence-corrected chi connectivity index (χ4v) is 3.50. The summed E-state index contributed by atoms with van der Waals surface area (Å²) in [4.78, 5) is 22.5. The van der Waals surface area contributed by atoms with Crippen molar-refractivity contribution in [2.24, 2.45) is 0 Å². The molecule has 0 unspecified atom stereocenters. The molecule has 37 heavy (non-hydrogen) atoms. The normalized spacial score (nSPS) is 10.5. The van der Waals surface area contributed by atoms with E-state index in [1.165, 1.54) is 24.3 Å². The van der Waals surface area contributed by atoms with Gasteiger partial charge in [0.2, 0.25) is 0 Å². The van der Waals surface area contributed by atoms with Crippen LogP contribution in [-0.2, 0) is 4.79 Å². The zero-order chi connectivity index (χ0) is 26.8. The molecule has 9 nitrogen and oxygen atoms in total. The molecule has 0 N–H and O–H groups in total. The predicted molar refractivity (Wildman–Crippen MR) is 139 cm³/mol. The van der Waals surface area contributed by atoms with Crippen LogP contribution in [0.1, 0.15) is 17.5 Å². The van der Waals surface area contributed by atoms with E-state index in [0.717, 1.165) is 16.7 Å². The molecule has 0 aliphatic heterocycles. The highest BCUT2D eigenvalue weighted by Crippen LogP contribution is 2.36. The first-order valence-corrected chi connectivity index (χ1v) is 11.2. The summed E-state index contributed by atoms with van der Waals surface area (Å²) in [5.74, 6) is 2.07. The second-order valence-electron chi connectivity index (χ2n) is 7.58. The van der Waals surface area contributed by atoms with E-state index < -0.39 is 10.9 Å². The van der Waals surface area contributed by atoms with Crippen molar-refractivity contribution < 1.29 is 33.4 Å². The van der Waals surface area contributed by atoms with Crippen LogP contribution in [0.3, 0.4) is 0 Å². The molecule has 3 aromatic carbocycles. The summed E-state index contributed by atoms with van der Waals surface area (Å²) < 4.78 is 26.9. The smallest absolute Gasteiger partial charge is 0.315 e. The zero-order valence-corrected chi connectivity index (χ0v) is 20.9. The van der Waals surface area contributed by atoms with E-state index in [2.05, 4.69) is 0 Å². The van der Waals surface area contributed by atoms with Crippen LogP contribution in [0.4, 0.5) is 5.69 Å². The Balaban J connectivity index is 1.86. The van der Waals surface area contributed by atoms with E-state index in [9.17, 15) is 14.9 Å². The van der Waals surface area contributed by atoms with Gasteiger partial charge in [0.15, 0.2) is 23.0 Å². The highest BCUT2D eigenvalue weighted by molar-refractivity contribution is 5.83. The van der Waals surface area contributed by atoms with E-state index in [1.54, 1.807) is 40.6 Å². The highest BCUT2D eigenvalue weighted by atomic mass is 16.6. The van der Waals surface area contributed by atoms with Crippen molar-refractivity contribution in [3.63, 3.8) is 0 Å². The van der Waals surface area contributed by atoms with Gasteiger partial charge in [0.1, 0.15) is 5.75 Å². The topological polar surface area (TPSA) is 106 Å². The van der Waals surface area contributed by atoms with Gasteiger partial charge in [-0.05, 0) is 53.1 Å². The molecule has 0 saturated carbocycles. The summed E-state index contributed by atoms with van der Waals surface area (Å²) in [6.45, 7) is 0. The van der Waals surface area contributed by atoms with Crippen LogP contribution in [0, 0.1) is 10.1 Å². The number of hydrogen-bond donors (Lipinski definition) is 0. The number of allylic oxidation sites excluding steroid dienone is 2. The minimum Gasteiger partial charge on any atom is -0.493 e. The van der Waals surface area contributed by atoms with E-state index in [0.29, 0.717) is 23.0 Å². The molecule has 0 radical (unpaired) electrons. The van der Waals surface area contributed by atoms with Gasteiger partial charge in [0.05, 0.1) is 39.8 Å². The molecule has 0 spiro atoms. The van der Waals surface area contributed by atoms with Crippen molar-refractivity contribution in [2.45, 2.75) is 6.42 Å². The molecule has 0 aliphatic rings. The molecule has 0 atom stereocenters. The van der Waals surface area contributed by atoms with Gasteiger partial charge in [-0.25, -0.2) is 0 Å². The number of non-ortho nitro benzene ring substituents is 1. The Hall–Kier alpha value is -4.79. The molecular weight excluding hydrogens is 478 g/mol. The Morgan fingerprint density at radius 1 is 0.784 bits per heavy atom. The van der Waals surface area contributed by atoms with Gasteiger partial charge < -0.3 is 23.7 Å². The van der Waals surface area contributed by atoms with Crippen LogP contribution >= 0.6 is 0 Å². The number of methoxy groups -OCH3 is 4. The summed E-state index contributed by atoms with van der Waals surface area (Å²) in [7, 11) is 6.28. The minimum atomic E-state index is -0.519. The maximum atomic E-state index is 12.2. The van der Waals surface area contributed by atoms with Crippen LogP contribution in [0.2, 0.25) is 0 Å². The van der Waals surface area contributed by atoms with Crippen LogP contribution in [0.15, 0.2) is 78.9 Å². The number of hydrogen-bond acceptors (Lipinski definition) is 8. The van der Waals surface area contributed by atoms with Gasteiger partial charge in [-0.2, -0.15) is 0 Å². The Labute approximate surface area is 214 Å². The van der Waals surface area contributed by atoms with Crippen molar-refractivity contribution >= 4 is 17.2 Å². The molecule has 0 amide bonds. The van der Waals surface area contributed by atoms with Gasteiger partial charge >= 0.3 is 5.97 Å². The number of nitro benzene ring substituents is 1. The second kappa shape index (κ2) is 12.8. The first kappa shape index (κ1) is 26.8. The van der Waals surface area contributed by atoms with Gasteiger partial charge in [0.25, 0.3) is 5.69 Å². The van der Waals surface area contributed by atoms with Crippen molar-refractivity contribution in [2.75, 3.05) is 28.4 Å². The molecule has 0 heterocycles. The Kier molecular flexibility index (Phi) is 9.26. The molecule has 192 valence electrons. The number of carbonyl (C=O) groups excluding carboxylic acids is 1. The standard InChI is InChI=1S/C28H27NO8/c1-33-24-15-9-19(17-26(24)35-3)23(20-10-16-25(34-2)27(18-20)36-4)7-5-6-8-28(30)37-22-13-11-21(12-14-22)29(31)32/h5-7,9-18H,8H2,1-4H3/b6-5+. The lowest BCUT2D eigenvalue weighted by molar-refractivity contribution is -0.384. The second-order valence-corrected chi connectivity index (χ2v) is 7.58. The Morgan fingerprint density at radius 2 is 1.30 bits per heavy atom. The van der Waals surface area contributed by atoms with E-state index in [4.69, 9.17) is 23.7 Å². The largest absolute Gasteiger partial charge is 0.493 e. The molecule has 0 aliphatic carbocycles. The number of esters is 1. The first-order chi connectivity index (χ1) is 17.9. The summed E-state index contributed by atoms with van der Waals surface area (Å²) >= 11 is 0. The summed E-state index contributed by atoms with van der Waals surface area (Å²) in [5, 5.41) is 10.8. The number of carbonyl (C=O) groups is 1. The fourth-order valence-electron chi connectivity index (χ4n) is 3.50. The number of nitrogens with zero attached hydrogens (tertiary/aromatic N) is 1. The predicted octanol–water partition coefficient (Wildman–Crippen LogP) is 5.61. The Bertz CT molecular complexity index is 1250. The number of rotatable bonds is 11. The first-order valence-electron chi connectivity index (χ1n) is 11.2. The average Bonchev–Trinajstić information content (AvgIpc) is 2.92. The molecular formula is C28H27NO8. The van der Waals surface area contributed by atoms with Gasteiger partial charge in [-0.1, -0.05) is 30.4 Å². The van der Waals surface area contributed by atoms with E-state index in [-0.39, 0.29) is 17.9 Å². The summed E-state index contributed by atoms with van der Waals surface area (Å²) in [6.07, 6.45) is 5.27. The van der Waals surface area contributed by atoms with Crippen LogP contribution < -0.4 is 23.7 Å². The number of nitro groups is 1. The third kappa shape index (κ3) is 6.88. The van der Waals surface area contributed by atoms with Crippen LogP contribution in [-0.4, -0.2) is 39.3 Å². The SMILES string of the molecule is COc1ccc(C(=C/C=C/CC(=O)Oc2ccc([N+](=O)[O-])cc2)c2ccc(OC)c(OC)c2)cc1OC. The van der Waals surface area contributed by atoms with Crippen molar-refractivity contribution in [3.05, 3.63) is 100 Å². The monoisotopic (exact) mass is 505 g/mol. The van der Waals surface area contributed by atoms with Gasteiger partial charge in [0, 0.05) is 12.1 Å². The highest BCUT2D eigenvalue weighted by Gasteiger charge is 2.13. The maximum absolute atomic E-state index is 12.2. The van der Waals surface area contributed by atoms with Crippen molar-refractivity contribution in [1.29, 1.82) is 0 Å². The number of ether oxygens (including phenoxy) is 5. The number of benzene rings is 3. The molecule has 9 heteroatoms. The fraction of sp³-hybridized carbons (Fsp3) is 0.179. The van der Waals surface area contributed by atoms with Crippen LogP contribution in [0.5, 0.6) is 28.7 Å². The van der Waals surface area contributed by atoms with Crippen molar-refractivity contribution in [3.8, 4) is 28.7 Å². The third-order valence-corrected chi connectivity index (χ3v) is 5.35. The molecule has 0 aromatic heterocycles. The lowest BCUT2D eigenvalue weighted by Gasteiger charge is -2.14. The van der Waals surface area contributed by atoms with Crippen molar-refractivity contribution in [1.82, 2.24) is 0 Å². The quantitative estimate of drug-likeness (QED) is 0.109. The molecule has 3 aromatic rings. The maximum Gasteiger partial charge on any atom is 0.315 e. The molecule has 0 fully saturated rings.